The third-order valence-electron chi connectivity index (χ3n) is 2.78. The minimum Gasteiger partial charge on any atom is -0.496 e. The van der Waals surface area contributed by atoms with Crippen LogP contribution in [0.4, 0.5) is 0 Å². The molecule has 0 aliphatic rings. The lowest BCUT2D eigenvalue weighted by atomic mass is 9.94. The summed E-state index contributed by atoms with van der Waals surface area (Å²) in [6.45, 7) is 6.19. The molecule has 0 saturated carbocycles. The largest absolute Gasteiger partial charge is 0.496 e. The molecule has 0 radical (unpaired) electrons. The van der Waals surface area contributed by atoms with Crippen LogP contribution in [0.25, 0.3) is 0 Å². The van der Waals surface area contributed by atoms with E-state index >= 15 is 0 Å². The van der Waals surface area contributed by atoms with Crippen molar-refractivity contribution in [3.63, 3.8) is 0 Å². The van der Waals surface area contributed by atoms with E-state index in [0.29, 0.717) is 5.92 Å². The molecule has 1 unspecified atom stereocenters. The second-order valence-corrected chi connectivity index (χ2v) is 4.40. The van der Waals surface area contributed by atoms with Crippen molar-refractivity contribution in [3.05, 3.63) is 28.8 Å². The standard InChI is InChI=1S/C13H21NO2/c1-8(2)11-6-10(12(14)7-15)5-9(3)13(11)16-4/h5-6,8,12,15H,7,14H2,1-4H3. The Balaban J connectivity index is 3.28. The first kappa shape index (κ1) is 13.0. The molecule has 0 aliphatic heterocycles. The highest BCUT2D eigenvalue weighted by Crippen LogP contribution is 2.32. The van der Waals surface area contributed by atoms with Crippen LogP contribution in [0.15, 0.2) is 12.1 Å². The van der Waals surface area contributed by atoms with Gasteiger partial charge in [0.25, 0.3) is 0 Å². The van der Waals surface area contributed by atoms with Gasteiger partial charge in [0.05, 0.1) is 19.8 Å². The predicted molar refractivity (Wildman–Crippen MR) is 65.8 cm³/mol. The Morgan fingerprint density at radius 2 is 2.00 bits per heavy atom. The number of hydrogen-bond donors (Lipinski definition) is 2. The Morgan fingerprint density at radius 3 is 2.44 bits per heavy atom. The molecule has 3 N–H and O–H groups in total. The van der Waals surface area contributed by atoms with Gasteiger partial charge in [-0.3, -0.25) is 0 Å². The number of rotatable bonds is 4. The predicted octanol–water partition coefficient (Wildman–Crippen LogP) is 2.12. The molecular formula is C13H21NO2. The molecule has 90 valence electrons. The second-order valence-electron chi connectivity index (χ2n) is 4.40. The molecule has 1 atom stereocenters. The van der Waals surface area contributed by atoms with Crippen LogP contribution in [0, 0.1) is 6.92 Å². The lowest BCUT2D eigenvalue weighted by Gasteiger charge is -2.18. The molecule has 3 nitrogen and oxygen atoms in total. The molecule has 0 aliphatic carbocycles. The maximum Gasteiger partial charge on any atom is 0.125 e. The number of aryl methyl sites for hydroxylation is 1. The van der Waals surface area contributed by atoms with E-state index in [1.54, 1.807) is 7.11 Å². The first-order valence-corrected chi connectivity index (χ1v) is 5.56. The smallest absolute Gasteiger partial charge is 0.125 e. The molecule has 0 fully saturated rings. The number of aliphatic hydroxyl groups is 1. The Bertz CT molecular complexity index is 361. The van der Waals surface area contributed by atoms with Crippen LogP contribution in [0.2, 0.25) is 0 Å². The van der Waals surface area contributed by atoms with Gasteiger partial charge in [0.1, 0.15) is 5.75 Å². The zero-order valence-electron chi connectivity index (χ0n) is 10.4. The number of hydrogen-bond acceptors (Lipinski definition) is 3. The van der Waals surface area contributed by atoms with E-state index in [2.05, 4.69) is 13.8 Å². The maximum atomic E-state index is 9.08. The van der Waals surface area contributed by atoms with E-state index in [-0.39, 0.29) is 12.6 Å². The van der Waals surface area contributed by atoms with Crippen molar-refractivity contribution in [2.45, 2.75) is 32.7 Å². The Hall–Kier alpha value is -1.06. The molecule has 1 rings (SSSR count). The van der Waals surface area contributed by atoms with Crippen molar-refractivity contribution in [1.82, 2.24) is 0 Å². The average Bonchev–Trinajstić information content (AvgIpc) is 2.26. The summed E-state index contributed by atoms with van der Waals surface area (Å²) in [5.74, 6) is 1.29. The van der Waals surface area contributed by atoms with Crippen molar-refractivity contribution in [1.29, 1.82) is 0 Å². The maximum absolute atomic E-state index is 9.08. The molecule has 3 heteroatoms. The summed E-state index contributed by atoms with van der Waals surface area (Å²) >= 11 is 0. The van der Waals surface area contributed by atoms with Crippen LogP contribution in [-0.4, -0.2) is 18.8 Å². The minimum absolute atomic E-state index is 0.0384. The van der Waals surface area contributed by atoms with E-state index < -0.39 is 0 Å². The summed E-state index contributed by atoms with van der Waals surface area (Å²) in [6.07, 6.45) is 0. The average molecular weight is 223 g/mol. The zero-order valence-corrected chi connectivity index (χ0v) is 10.4. The van der Waals surface area contributed by atoms with Crippen LogP contribution >= 0.6 is 0 Å². The van der Waals surface area contributed by atoms with E-state index in [4.69, 9.17) is 15.6 Å². The molecule has 1 aromatic rings. The quantitative estimate of drug-likeness (QED) is 0.822. The van der Waals surface area contributed by atoms with Crippen molar-refractivity contribution < 1.29 is 9.84 Å². The molecule has 1 aromatic carbocycles. The third-order valence-corrected chi connectivity index (χ3v) is 2.78. The van der Waals surface area contributed by atoms with Gasteiger partial charge in [-0.2, -0.15) is 0 Å². The van der Waals surface area contributed by atoms with E-state index in [1.165, 1.54) is 0 Å². The SMILES string of the molecule is COc1c(C)cc(C(N)CO)cc1C(C)C. The minimum atomic E-state index is -0.317. The fourth-order valence-corrected chi connectivity index (χ4v) is 1.86. The van der Waals surface area contributed by atoms with Gasteiger partial charge in [0.2, 0.25) is 0 Å². The number of ether oxygens (including phenoxy) is 1. The highest BCUT2D eigenvalue weighted by molar-refractivity contribution is 5.46. The topological polar surface area (TPSA) is 55.5 Å². The van der Waals surface area contributed by atoms with Crippen molar-refractivity contribution >= 4 is 0 Å². The van der Waals surface area contributed by atoms with Crippen LogP contribution < -0.4 is 10.5 Å². The molecule has 0 bridgehead atoms. The highest BCUT2D eigenvalue weighted by atomic mass is 16.5. The fraction of sp³-hybridized carbons (Fsp3) is 0.538. The number of benzene rings is 1. The van der Waals surface area contributed by atoms with Gasteiger partial charge in [0, 0.05) is 0 Å². The number of methoxy groups -OCH3 is 1. The highest BCUT2D eigenvalue weighted by Gasteiger charge is 2.14. The van der Waals surface area contributed by atoms with Gasteiger partial charge in [0.15, 0.2) is 0 Å². The monoisotopic (exact) mass is 223 g/mol. The molecule has 0 aromatic heterocycles. The lowest BCUT2D eigenvalue weighted by Crippen LogP contribution is -2.15. The van der Waals surface area contributed by atoms with Crippen LogP contribution in [0.5, 0.6) is 5.75 Å². The van der Waals surface area contributed by atoms with Gasteiger partial charge >= 0.3 is 0 Å². The first-order chi connectivity index (χ1) is 7.51. The molecule has 16 heavy (non-hydrogen) atoms. The summed E-state index contributed by atoms with van der Waals surface area (Å²) in [7, 11) is 1.68. The van der Waals surface area contributed by atoms with E-state index in [1.807, 2.05) is 19.1 Å². The van der Waals surface area contributed by atoms with Crippen molar-refractivity contribution in [2.24, 2.45) is 5.73 Å². The van der Waals surface area contributed by atoms with Crippen molar-refractivity contribution in [2.75, 3.05) is 13.7 Å². The van der Waals surface area contributed by atoms with Crippen molar-refractivity contribution in [3.8, 4) is 5.75 Å². The van der Waals surface area contributed by atoms with Gasteiger partial charge in [-0.1, -0.05) is 26.0 Å². The first-order valence-electron chi connectivity index (χ1n) is 5.56. The normalized spacial score (nSPS) is 12.9. The van der Waals surface area contributed by atoms with Crippen LogP contribution in [0.3, 0.4) is 0 Å². The van der Waals surface area contributed by atoms with Gasteiger partial charge in [-0.15, -0.1) is 0 Å². The van der Waals surface area contributed by atoms with Crippen LogP contribution in [0.1, 0.15) is 42.5 Å². The second kappa shape index (κ2) is 5.32. The summed E-state index contributed by atoms with van der Waals surface area (Å²) in [4.78, 5) is 0. The summed E-state index contributed by atoms with van der Waals surface area (Å²) in [6, 6.07) is 3.69. The molecule has 0 amide bonds. The van der Waals surface area contributed by atoms with Gasteiger partial charge in [-0.25, -0.2) is 0 Å². The molecular weight excluding hydrogens is 202 g/mol. The van der Waals surface area contributed by atoms with Gasteiger partial charge in [-0.05, 0) is 29.5 Å². The fourth-order valence-electron chi connectivity index (χ4n) is 1.86. The molecule has 0 spiro atoms. The Labute approximate surface area is 97.2 Å². The number of nitrogens with two attached hydrogens (primary N) is 1. The Morgan fingerprint density at radius 1 is 1.38 bits per heavy atom. The Kier molecular flexibility index (Phi) is 4.33. The molecule has 0 heterocycles. The third kappa shape index (κ3) is 2.54. The van der Waals surface area contributed by atoms with E-state index in [0.717, 1.165) is 22.4 Å². The summed E-state index contributed by atoms with van der Waals surface area (Å²) in [5, 5.41) is 9.08. The summed E-state index contributed by atoms with van der Waals surface area (Å²) in [5.41, 5.74) is 9.00. The zero-order chi connectivity index (χ0) is 12.3. The van der Waals surface area contributed by atoms with Gasteiger partial charge < -0.3 is 15.6 Å². The van der Waals surface area contributed by atoms with E-state index in [9.17, 15) is 0 Å². The summed E-state index contributed by atoms with van der Waals surface area (Å²) < 4.78 is 5.40. The number of aliphatic hydroxyl groups excluding tert-OH is 1. The van der Waals surface area contributed by atoms with Crippen LogP contribution in [-0.2, 0) is 0 Å². The molecule has 0 saturated heterocycles. The lowest BCUT2D eigenvalue weighted by molar-refractivity contribution is 0.268.